The minimum atomic E-state index is -0.255. The summed E-state index contributed by atoms with van der Waals surface area (Å²) >= 11 is 6.48. The number of aliphatic hydroxyl groups is 1. The quantitative estimate of drug-likeness (QED) is 0.389. The molecule has 0 aliphatic carbocycles. The number of halogens is 1. The van der Waals surface area contributed by atoms with Gasteiger partial charge in [-0.05, 0) is 47.9 Å². The van der Waals surface area contributed by atoms with E-state index in [4.69, 9.17) is 21.0 Å². The lowest BCUT2D eigenvalue weighted by molar-refractivity contribution is 0.279. The van der Waals surface area contributed by atoms with Crippen LogP contribution in [0.4, 0.5) is 6.01 Å². The Morgan fingerprint density at radius 2 is 1.73 bits per heavy atom. The summed E-state index contributed by atoms with van der Waals surface area (Å²) in [4.78, 5) is 11.6. The summed E-state index contributed by atoms with van der Waals surface area (Å²) < 4.78 is 5.90. The van der Waals surface area contributed by atoms with Gasteiger partial charge >= 0.3 is 6.01 Å². The smallest absolute Gasteiger partial charge is 0.302 e. The van der Waals surface area contributed by atoms with Gasteiger partial charge in [-0.1, -0.05) is 66.2 Å². The lowest BCUT2D eigenvalue weighted by Crippen LogP contribution is -2.37. The van der Waals surface area contributed by atoms with E-state index in [2.05, 4.69) is 21.3 Å². The van der Waals surface area contributed by atoms with Gasteiger partial charge in [-0.3, -0.25) is 5.32 Å². The van der Waals surface area contributed by atoms with Crippen molar-refractivity contribution in [2.45, 2.75) is 26.1 Å². The van der Waals surface area contributed by atoms with Crippen molar-refractivity contribution in [3.05, 3.63) is 106 Å². The number of aliphatic imine (C=N–C) groups is 1. The molecule has 0 saturated heterocycles. The number of hydrogen-bond acceptors (Lipinski definition) is 6. The van der Waals surface area contributed by atoms with Crippen LogP contribution in [0.5, 0.6) is 0 Å². The second-order valence-electron chi connectivity index (χ2n) is 7.85. The number of hydrogen-bond donors (Lipinski definition) is 2. The fourth-order valence-corrected chi connectivity index (χ4v) is 4.20. The number of guanidine groups is 1. The van der Waals surface area contributed by atoms with Gasteiger partial charge in [-0.15, -0.1) is 0 Å². The number of anilines is 1. The topological polar surface area (TPSA) is 73.9 Å². The van der Waals surface area contributed by atoms with Crippen LogP contribution in [0.25, 0.3) is 11.1 Å². The highest BCUT2D eigenvalue weighted by Gasteiger charge is 2.25. The van der Waals surface area contributed by atoms with Gasteiger partial charge in [0.05, 0.1) is 13.2 Å². The van der Waals surface area contributed by atoms with Gasteiger partial charge in [0.2, 0.25) is 5.96 Å². The molecule has 1 aromatic heterocycles. The van der Waals surface area contributed by atoms with Gasteiger partial charge in [-0.25, -0.2) is 4.99 Å². The summed E-state index contributed by atoms with van der Waals surface area (Å²) in [6, 6.07) is 23.3. The van der Waals surface area contributed by atoms with Gasteiger partial charge in [0.25, 0.3) is 0 Å². The molecule has 5 rings (SSSR count). The van der Waals surface area contributed by atoms with Crippen LogP contribution in [0.1, 0.15) is 29.7 Å². The van der Waals surface area contributed by atoms with Crippen molar-refractivity contribution in [3.63, 3.8) is 0 Å². The number of aromatic nitrogens is 1. The van der Waals surface area contributed by atoms with Crippen LogP contribution < -0.4 is 5.32 Å². The molecule has 1 aliphatic heterocycles. The van der Waals surface area contributed by atoms with Gasteiger partial charge < -0.3 is 14.4 Å². The Morgan fingerprint density at radius 3 is 2.52 bits per heavy atom. The Kier molecular flexibility index (Phi) is 5.86. The van der Waals surface area contributed by atoms with Crippen LogP contribution >= 0.6 is 11.6 Å². The minimum absolute atomic E-state index is 0.0277. The number of nitrogens with zero attached hydrogens (tertiary/aromatic N) is 3. The average Bonchev–Trinajstić information content (AvgIpc) is 3.24. The van der Waals surface area contributed by atoms with Crippen LogP contribution in [0.2, 0.25) is 5.02 Å². The molecule has 4 aromatic rings. The normalized spacial score (nSPS) is 16.0. The van der Waals surface area contributed by atoms with Crippen molar-refractivity contribution >= 4 is 34.7 Å². The third-order valence-electron chi connectivity index (χ3n) is 5.70. The average molecular weight is 459 g/mol. The van der Waals surface area contributed by atoms with E-state index in [1.807, 2.05) is 79.7 Å². The monoisotopic (exact) mass is 458 g/mol. The van der Waals surface area contributed by atoms with Crippen molar-refractivity contribution < 1.29 is 9.52 Å². The molecule has 6 nitrogen and oxygen atoms in total. The number of aliphatic hydroxyl groups excluding tert-OH is 1. The molecule has 7 heteroatoms. The number of fused-ring (bicyclic) bond motifs is 1. The van der Waals surface area contributed by atoms with E-state index in [-0.39, 0.29) is 12.6 Å². The largest absolute Gasteiger partial charge is 0.423 e. The highest BCUT2D eigenvalue weighted by atomic mass is 35.5. The lowest BCUT2D eigenvalue weighted by Gasteiger charge is -2.32. The van der Waals surface area contributed by atoms with Crippen LogP contribution in [-0.4, -0.2) is 20.9 Å². The highest BCUT2D eigenvalue weighted by molar-refractivity contribution is 6.31. The van der Waals surface area contributed by atoms with Crippen LogP contribution in [0.3, 0.4) is 0 Å². The first kappa shape index (κ1) is 21.2. The van der Waals surface area contributed by atoms with Crippen molar-refractivity contribution in [1.29, 1.82) is 0 Å². The third-order valence-corrected chi connectivity index (χ3v) is 6.04. The van der Waals surface area contributed by atoms with Crippen LogP contribution in [0.15, 0.2) is 94.0 Å². The van der Waals surface area contributed by atoms with E-state index in [9.17, 15) is 5.11 Å². The molecule has 166 valence electrons. The molecule has 2 heterocycles. The van der Waals surface area contributed by atoms with Gasteiger partial charge in [0, 0.05) is 10.7 Å². The lowest BCUT2D eigenvalue weighted by atomic mass is 10.0. The predicted octanol–water partition coefficient (Wildman–Crippen LogP) is 5.90. The number of nitrogens with one attached hydrogen (secondary N) is 1. The van der Waals surface area contributed by atoms with E-state index in [0.717, 1.165) is 27.9 Å². The zero-order chi connectivity index (χ0) is 22.8. The molecule has 0 spiro atoms. The first-order chi connectivity index (χ1) is 16.1. The van der Waals surface area contributed by atoms with Gasteiger partial charge in [0.1, 0.15) is 11.6 Å². The molecule has 0 bridgehead atoms. The Balaban J connectivity index is 1.54. The summed E-state index contributed by atoms with van der Waals surface area (Å²) in [5.41, 5.74) is 5.27. The summed E-state index contributed by atoms with van der Waals surface area (Å²) in [5, 5.41) is 13.7. The molecule has 0 radical (unpaired) electrons. The van der Waals surface area contributed by atoms with E-state index < -0.39 is 0 Å². The Morgan fingerprint density at radius 1 is 1.00 bits per heavy atom. The number of para-hydroxylation sites is 2. The van der Waals surface area contributed by atoms with Gasteiger partial charge in [-0.2, -0.15) is 4.98 Å². The first-order valence-corrected chi connectivity index (χ1v) is 11.1. The Labute approximate surface area is 196 Å². The summed E-state index contributed by atoms with van der Waals surface area (Å²) in [7, 11) is 0. The second kappa shape index (κ2) is 9.10. The number of benzene rings is 3. The SMILES string of the molecule is CC1=CC(c2ccccc2Cl)N=C(Nc2nc3ccccc3o2)N1Cc1ccccc1CO. The zero-order valence-corrected chi connectivity index (χ0v) is 18.8. The minimum Gasteiger partial charge on any atom is -0.423 e. The molecule has 0 saturated carbocycles. The third kappa shape index (κ3) is 4.35. The maximum absolute atomic E-state index is 9.80. The van der Waals surface area contributed by atoms with Crippen molar-refractivity contribution in [2.75, 3.05) is 5.32 Å². The maximum Gasteiger partial charge on any atom is 0.302 e. The van der Waals surface area contributed by atoms with E-state index in [1.54, 1.807) is 0 Å². The summed E-state index contributed by atoms with van der Waals surface area (Å²) in [6.07, 6.45) is 2.08. The molecule has 1 atom stereocenters. The molecule has 2 N–H and O–H groups in total. The molecule has 0 fully saturated rings. The molecular formula is C26H23ClN4O2. The van der Waals surface area contributed by atoms with Crippen molar-refractivity contribution in [2.24, 2.45) is 4.99 Å². The van der Waals surface area contributed by atoms with E-state index in [0.29, 0.717) is 29.1 Å². The zero-order valence-electron chi connectivity index (χ0n) is 18.1. The van der Waals surface area contributed by atoms with E-state index >= 15 is 0 Å². The summed E-state index contributed by atoms with van der Waals surface area (Å²) in [5.74, 6) is 0.596. The fraction of sp³-hybridized carbons (Fsp3) is 0.154. The second-order valence-corrected chi connectivity index (χ2v) is 8.26. The fourth-order valence-electron chi connectivity index (χ4n) is 3.96. The Hall–Kier alpha value is -3.61. The number of allylic oxidation sites excluding steroid dienone is 1. The molecule has 1 aliphatic rings. The maximum atomic E-state index is 9.80. The Bertz CT molecular complexity index is 1330. The molecule has 1 unspecified atom stereocenters. The molecular weight excluding hydrogens is 436 g/mol. The predicted molar refractivity (Wildman–Crippen MR) is 131 cm³/mol. The van der Waals surface area contributed by atoms with Gasteiger partial charge in [0.15, 0.2) is 5.58 Å². The summed E-state index contributed by atoms with van der Waals surface area (Å²) in [6.45, 7) is 2.54. The highest BCUT2D eigenvalue weighted by Crippen LogP contribution is 2.32. The number of rotatable bonds is 5. The van der Waals surface area contributed by atoms with Crippen molar-refractivity contribution in [3.8, 4) is 0 Å². The van der Waals surface area contributed by atoms with Crippen LogP contribution in [-0.2, 0) is 13.2 Å². The first-order valence-electron chi connectivity index (χ1n) is 10.7. The van der Waals surface area contributed by atoms with E-state index in [1.165, 1.54) is 0 Å². The standard InChI is InChI=1S/C26H23ClN4O2/c1-17-14-23(20-10-4-5-11-21(20)27)28-25(30-26-29-22-12-6-7-13-24(22)33-26)31(17)15-18-8-2-3-9-19(18)16-32/h2-14,23,32H,15-16H2,1H3,(H,28,29,30). The molecule has 0 amide bonds. The number of oxazole rings is 1. The van der Waals surface area contributed by atoms with Crippen molar-refractivity contribution in [1.82, 2.24) is 9.88 Å². The molecule has 3 aromatic carbocycles. The molecule has 33 heavy (non-hydrogen) atoms. The van der Waals surface area contributed by atoms with Crippen LogP contribution in [0, 0.1) is 0 Å².